The summed E-state index contributed by atoms with van der Waals surface area (Å²) in [4.78, 5) is 37.3. The highest BCUT2D eigenvalue weighted by atomic mass is 32.2. The van der Waals surface area contributed by atoms with E-state index in [1.807, 2.05) is 30.5 Å². The monoisotopic (exact) mass is 505 g/mol. The van der Waals surface area contributed by atoms with Crippen molar-refractivity contribution in [3.8, 4) is 11.3 Å². The number of amides is 1. The molecule has 36 heavy (non-hydrogen) atoms. The van der Waals surface area contributed by atoms with E-state index in [9.17, 15) is 18.0 Å². The third-order valence-corrected chi connectivity index (χ3v) is 8.57. The van der Waals surface area contributed by atoms with E-state index in [2.05, 4.69) is 40.4 Å². The second-order valence-electron chi connectivity index (χ2n) is 9.64. The first kappa shape index (κ1) is 23.8. The lowest BCUT2D eigenvalue weighted by atomic mass is 9.90. The lowest BCUT2D eigenvalue weighted by molar-refractivity contribution is 0.0981. The Morgan fingerprint density at radius 1 is 1.11 bits per heavy atom. The number of anilines is 1. The van der Waals surface area contributed by atoms with Gasteiger partial charge in [0.05, 0.1) is 11.3 Å². The molecule has 3 N–H and O–H groups in total. The number of benzene rings is 1. The Morgan fingerprint density at radius 3 is 2.64 bits per heavy atom. The standard InChI is InChI=1S/C26H27N5O4S/c1-16-11-14-31(26(16,2)3)23-19(24(32)30-36(34,35)22-5-4-12-28-25(22)33)7-9-21(29-23)17-6-8-20-18(15-17)10-13-27-20/h4-10,12-13,15-16,27H,11,14H2,1-3H3,(H,28,33)(H,30,32). The van der Waals surface area contributed by atoms with Gasteiger partial charge in [-0.2, -0.15) is 0 Å². The first-order valence-corrected chi connectivity index (χ1v) is 13.2. The minimum atomic E-state index is -4.39. The van der Waals surface area contributed by atoms with E-state index in [-0.39, 0.29) is 11.1 Å². The number of aromatic amines is 2. The van der Waals surface area contributed by atoms with Crippen LogP contribution in [-0.4, -0.2) is 41.4 Å². The minimum Gasteiger partial charge on any atom is -0.361 e. The molecule has 0 radical (unpaired) electrons. The molecule has 1 amide bonds. The number of aromatic nitrogens is 3. The average molecular weight is 506 g/mol. The summed E-state index contributed by atoms with van der Waals surface area (Å²) in [6.07, 6.45) is 4.10. The number of carbonyl (C=O) groups is 1. The van der Waals surface area contributed by atoms with Crippen molar-refractivity contribution in [2.45, 2.75) is 37.6 Å². The van der Waals surface area contributed by atoms with Crippen LogP contribution in [0.4, 0.5) is 5.82 Å². The van der Waals surface area contributed by atoms with Gasteiger partial charge in [0.25, 0.3) is 21.5 Å². The van der Waals surface area contributed by atoms with Crippen LogP contribution in [0.5, 0.6) is 0 Å². The largest absolute Gasteiger partial charge is 0.361 e. The molecule has 1 aliphatic rings. The number of carbonyl (C=O) groups excluding carboxylic acids is 1. The van der Waals surface area contributed by atoms with Crippen LogP contribution in [0.3, 0.4) is 0 Å². The Labute approximate surface area is 208 Å². The van der Waals surface area contributed by atoms with E-state index in [0.29, 0.717) is 24.0 Å². The summed E-state index contributed by atoms with van der Waals surface area (Å²) in [5.41, 5.74) is 1.57. The number of pyridine rings is 2. The summed E-state index contributed by atoms with van der Waals surface area (Å²) in [6, 6.07) is 13.8. The highest BCUT2D eigenvalue weighted by molar-refractivity contribution is 7.90. The second kappa shape index (κ2) is 8.63. The summed E-state index contributed by atoms with van der Waals surface area (Å²) in [5.74, 6) is -0.101. The molecule has 10 heteroatoms. The molecule has 0 spiro atoms. The molecule has 1 aliphatic heterocycles. The summed E-state index contributed by atoms with van der Waals surface area (Å²) >= 11 is 0. The third kappa shape index (κ3) is 4.07. The molecule has 1 unspecified atom stereocenters. The van der Waals surface area contributed by atoms with Gasteiger partial charge in [-0.3, -0.25) is 9.59 Å². The van der Waals surface area contributed by atoms with E-state index in [4.69, 9.17) is 4.98 Å². The van der Waals surface area contributed by atoms with E-state index in [0.717, 1.165) is 29.0 Å². The van der Waals surface area contributed by atoms with Crippen LogP contribution in [0, 0.1) is 5.92 Å². The van der Waals surface area contributed by atoms with Crippen molar-refractivity contribution in [1.82, 2.24) is 19.7 Å². The molecule has 4 heterocycles. The molecule has 0 bridgehead atoms. The zero-order valence-electron chi connectivity index (χ0n) is 20.2. The first-order valence-electron chi connectivity index (χ1n) is 11.7. The Bertz CT molecular complexity index is 1640. The van der Waals surface area contributed by atoms with Gasteiger partial charge >= 0.3 is 0 Å². The van der Waals surface area contributed by atoms with Crippen molar-refractivity contribution in [2.24, 2.45) is 5.92 Å². The lowest BCUT2D eigenvalue weighted by Crippen LogP contribution is -2.44. The first-order chi connectivity index (χ1) is 17.1. The van der Waals surface area contributed by atoms with E-state index in [1.165, 1.54) is 12.3 Å². The lowest BCUT2D eigenvalue weighted by Gasteiger charge is -2.36. The van der Waals surface area contributed by atoms with Crippen LogP contribution < -0.4 is 15.2 Å². The fourth-order valence-corrected chi connectivity index (χ4v) is 5.69. The van der Waals surface area contributed by atoms with Crippen molar-refractivity contribution >= 4 is 32.7 Å². The molecule has 1 saturated heterocycles. The van der Waals surface area contributed by atoms with Crippen LogP contribution in [0.15, 0.2) is 70.6 Å². The number of sulfonamides is 1. The predicted octanol–water partition coefficient (Wildman–Crippen LogP) is 3.66. The van der Waals surface area contributed by atoms with Gasteiger partial charge in [-0.25, -0.2) is 18.1 Å². The highest BCUT2D eigenvalue weighted by Gasteiger charge is 2.41. The molecule has 4 aromatic rings. The summed E-state index contributed by atoms with van der Waals surface area (Å²) in [6.45, 7) is 7.00. The molecule has 186 valence electrons. The summed E-state index contributed by atoms with van der Waals surface area (Å²) < 4.78 is 27.7. The molecule has 0 saturated carbocycles. The van der Waals surface area contributed by atoms with Gasteiger partial charge in [0.15, 0.2) is 4.90 Å². The number of fused-ring (bicyclic) bond motifs is 1. The molecule has 5 rings (SSSR count). The second-order valence-corrected chi connectivity index (χ2v) is 11.3. The van der Waals surface area contributed by atoms with Gasteiger partial charge in [-0.1, -0.05) is 13.0 Å². The zero-order chi connectivity index (χ0) is 25.7. The number of rotatable bonds is 5. The van der Waals surface area contributed by atoms with Crippen LogP contribution in [-0.2, 0) is 10.0 Å². The van der Waals surface area contributed by atoms with Gasteiger partial charge < -0.3 is 14.9 Å². The summed E-state index contributed by atoms with van der Waals surface area (Å²) in [5, 5.41) is 1.03. The fourth-order valence-electron chi connectivity index (χ4n) is 4.66. The number of nitrogens with zero attached hydrogens (tertiary/aromatic N) is 2. The van der Waals surface area contributed by atoms with Gasteiger partial charge in [0.2, 0.25) is 0 Å². The molecule has 1 atom stereocenters. The van der Waals surface area contributed by atoms with Gasteiger partial charge in [-0.15, -0.1) is 0 Å². The summed E-state index contributed by atoms with van der Waals surface area (Å²) in [7, 11) is -4.39. The van der Waals surface area contributed by atoms with Crippen molar-refractivity contribution in [3.05, 3.63) is 76.8 Å². The van der Waals surface area contributed by atoms with E-state index >= 15 is 0 Å². The molecule has 9 nitrogen and oxygen atoms in total. The van der Waals surface area contributed by atoms with Crippen LogP contribution in [0.1, 0.15) is 37.6 Å². The maximum absolute atomic E-state index is 13.3. The molecule has 3 aromatic heterocycles. The number of nitrogens with one attached hydrogen (secondary N) is 3. The average Bonchev–Trinajstić information content (AvgIpc) is 3.41. The maximum Gasteiger partial charge on any atom is 0.269 e. The Hall–Kier alpha value is -3.92. The van der Waals surface area contributed by atoms with Crippen molar-refractivity contribution < 1.29 is 13.2 Å². The molecular weight excluding hydrogens is 478 g/mol. The normalized spacial score (nSPS) is 17.4. The number of hydrogen-bond donors (Lipinski definition) is 3. The smallest absolute Gasteiger partial charge is 0.269 e. The highest BCUT2D eigenvalue weighted by Crippen LogP contribution is 2.39. The third-order valence-electron chi connectivity index (χ3n) is 7.21. The molecule has 1 aromatic carbocycles. The molecule has 0 aliphatic carbocycles. The van der Waals surface area contributed by atoms with Crippen molar-refractivity contribution in [1.29, 1.82) is 0 Å². The Balaban J connectivity index is 1.59. The van der Waals surface area contributed by atoms with Crippen LogP contribution >= 0.6 is 0 Å². The van der Waals surface area contributed by atoms with E-state index < -0.39 is 26.4 Å². The van der Waals surface area contributed by atoms with E-state index in [1.54, 1.807) is 12.1 Å². The Morgan fingerprint density at radius 2 is 1.92 bits per heavy atom. The topological polar surface area (TPSA) is 128 Å². The van der Waals surface area contributed by atoms with Gasteiger partial charge in [-0.05, 0) is 68.7 Å². The molecule has 1 fully saturated rings. The van der Waals surface area contributed by atoms with Crippen LogP contribution in [0.25, 0.3) is 22.2 Å². The maximum atomic E-state index is 13.3. The quantitative estimate of drug-likeness (QED) is 0.380. The number of H-pyrrole nitrogens is 2. The minimum absolute atomic E-state index is 0.125. The SMILES string of the molecule is CC1CCN(c2nc(-c3ccc4[nH]ccc4c3)ccc2C(=O)NS(=O)(=O)c2ccc[nH]c2=O)C1(C)C. The predicted molar refractivity (Wildman–Crippen MR) is 138 cm³/mol. The van der Waals surface area contributed by atoms with Gasteiger partial charge in [0.1, 0.15) is 5.82 Å². The fraction of sp³-hybridized carbons (Fsp3) is 0.269. The number of hydrogen-bond acceptors (Lipinski definition) is 6. The van der Waals surface area contributed by atoms with Crippen molar-refractivity contribution in [3.63, 3.8) is 0 Å². The zero-order valence-corrected chi connectivity index (χ0v) is 21.0. The van der Waals surface area contributed by atoms with Gasteiger partial charge in [0, 0.05) is 40.9 Å². The van der Waals surface area contributed by atoms with Crippen LogP contribution in [0.2, 0.25) is 0 Å². The van der Waals surface area contributed by atoms with Crippen molar-refractivity contribution in [2.75, 3.05) is 11.4 Å². The molecular formula is C26H27N5O4S. The Kier molecular flexibility index (Phi) is 5.71.